The molecule has 0 aromatic heterocycles. The van der Waals surface area contributed by atoms with E-state index in [-0.39, 0.29) is 23.0 Å². The number of alkyl halides is 3. The van der Waals surface area contributed by atoms with Gasteiger partial charge in [-0.1, -0.05) is 73.1 Å². The summed E-state index contributed by atoms with van der Waals surface area (Å²) in [5.41, 5.74) is 0.107. The second-order valence-corrected chi connectivity index (χ2v) is 21.9. The Morgan fingerprint density at radius 1 is 0.655 bits per heavy atom. The van der Waals surface area contributed by atoms with Crippen LogP contribution in [0.2, 0.25) is 0 Å². The van der Waals surface area contributed by atoms with Crippen LogP contribution in [0.5, 0.6) is 0 Å². The van der Waals surface area contributed by atoms with Crippen LogP contribution >= 0.6 is 0 Å². The molecule has 7 saturated heterocycles. The predicted octanol–water partition coefficient (Wildman–Crippen LogP) is 10.8. The molecule has 87 heavy (non-hydrogen) atoms. The van der Waals surface area contributed by atoms with Gasteiger partial charge in [-0.05, 0) is 79.2 Å². The summed E-state index contributed by atoms with van der Waals surface area (Å²) in [7, 11) is 13.6. The van der Waals surface area contributed by atoms with Crippen molar-refractivity contribution >= 4 is 23.7 Å². The Labute approximate surface area is 521 Å². The molecule has 0 aromatic carbocycles. The van der Waals surface area contributed by atoms with E-state index in [1.165, 1.54) is 58.7 Å². The molecule has 0 radical (unpaired) electrons. The number of methoxy groups -OCH3 is 9. The summed E-state index contributed by atoms with van der Waals surface area (Å²) in [6.07, 6.45) is 10.6. The Morgan fingerprint density at radius 3 is 1.26 bits per heavy atom. The minimum Gasteiger partial charge on any atom is -0.505 e. The number of ether oxygens (including phenoxy) is 16. The lowest BCUT2D eigenvalue weighted by Gasteiger charge is -2.37. The quantitative estimate of drug-likeness (QED) is 0.0310. The van der Waals surface area contributed by atoms with Crippen molar-refractivity contribution in [2.75, 3.05) is 143 Å². The molecular formula is C64H115F3O20. The summed E-state index contributed by atoms with van der Waals surface area (Å²) in [6.45, 7) is 49.8. The van der Waals surface area contributed by atoms with Crippen LogP contribution in [0.4, 0.5) is 13.2 Å². The Morgan fingerprint density at radius 2 is 1.13 bits per heavy atom. The summed E-state index contributed by atoms with van der Waals surface area (Å²) in [4.78, 5) is 40.2. The molecule has 0 aromatic rings. The number of halogens is 3. The summed E-state index contributed by atoms with van der Waals surface area (Å²) >= 11 is 0. The summed E-state index contributed by atoms with van der Waals surface area (Å²) in [6, 6.07) is 0. The number of hydrogen-bond acceptors (Lipinski definition) is 20. The third-order valence-corrected chi connectivity index (χ3v) is 12.1. The van der Waals surface area contributed by atoms with Crippen molar-refractivity contribution in [3.8, 4) is 0 Å². The fourth-order valence-electron chi connectivity index (χ4n) is 6.09. The van der Waals surface area contributed by atoms with Crippen molar-refractivity contribution in [1.82, 2.24) is 0 Å². The van der Waals surface area contributed by atoms with Gasteiger partial charge in [-0.3, -0.25) is 4.79 Å². The fourth-order valence-corrected chi connectivity index (χ4v) is 6.09. The zero-order valence-corrected chi connectivity index (χ0v) is 56.5. The molecule has 512 valence electrons. The van der Waals surface area contributed by atoms with Gasteiger partial charge in [0, 0.05) is 71.1 Å². The summed E-state index contributed by atoms with van der Waals surface area (Å²) in [5, 5.41) is 0. The third kappa shape index (κ3) is 59.0. The summed E-state index contributed by atoms with van der Waals surface area (Å²) < 4.78 is 110. The topological polar surface area (TPSA) is 232 Å². The van der Waals surface area contributed by atoms with E-state index in [4.69, 9.17) is 52.1 Å². The normalized spacial score (nSPS) is 23.0. The maximum atomic E-state index is 11.5. The molecule has 20 nitrogen and oxygen atoms in total. The van der Waals surface area contributed by atoms with E-state index in [0.29, 0.717) is 60.0 Å². The molecule has 0 bridgehead atoms. The maximum Gasteiger partial charge on any atom is 0.422 e. The minimum absolute atomic E-state index is 0.0781. The molecule has 1 aliphatic carbocycles. The Bertz CT molecular complexity index is 1800. The third-order valence-electron chi connectivity index (χ3n) is 12.1. The first-order valence-electron chi connectivity index (χ1n) is 28.7. The highest BCUT2D eigenvalue weighted by Crippen LogP contribution is 2.39. The zero-order chi connectivity index (χ0) is 68.3. The average Bonchev–Trinajstić information content (AvgIpc) is 4.34. The lowest BCUT2D eigenvalue weighted by Crippen LogP contribution is -2.43. The Balaban J connectivity index is -0.000000281. The van der Waals surface area contributed by atoms with E-state index in [1.54, 1.807) is 55.7 Å². The van der Waals surface area contributed by atoms with Gasteiger partial charge in [-0.25, -0.2) is 14.4 Å². The van der Waals surface area contributed by atoms with Gasteiger partial charge in [0.1, 0.15) is 17.3 Å². The first kappa shape index (κ1) is 91.4. The second kappa shape index (κ2) is 53.5. The molecule has 0 amide bonds. The lowest BCUT2D eigenvalue weighted by molar-refractivity contribution is -0.148. The van der Waals surface area contributed by atoms with Crippen LogP contribution in [0.25, 0.3) is 0 Å². The molecule has 0 N–H and O–H groups in total. The number of allylic oxidation sites excluding steroid dienone is 1. The van der Waals surface area contributed by atoms with Crippen molar-refractivity contribution in [3.63, 3.8) is 0 Å². The van der Waals surface area contributed by atoms with Crippen LogP contribution in [0.15, 0.2) is 75.1 Å². The predicted molar refractivity (Wildman–Crippen MR) is 331 cm³/mol. The second-order valence-electron chi connectivity index (χ2n) is 21.9. The van der Waals surface area contributed by atoms with Gasteiger partial charge >= 0.3 is 24.1 Å². The van der Waals surface area contributed by atoms with Gasteiger partial charge in [0.2, 0.25) is 0 Å². The minimum atomic E-state index is -4.69. The number of carbonyl (C=O) groups is 4. The van der Waals surface area contributed by atoms with Crippen molar-refractivity contribution in [2.45, 2.75) is 156 Å². The van der Waals surface area contributed by atoms with E-state index in [0.717, 1.165) is 91.8 Å². The molecule has 7 atom stereocenters. The largest absolute Gasteiger partial charge is 0.505 e. The average molecular weight is 1260 g/mol. The van der Waals surface area contributed by atoms with Crippen molar-refractivity contribution < 1.29 is 108 Å². The smallest absolute Gasteiger partial charge is 0.422 e. The number of fused-ring (bicyclic) bond motifs is 1. The van der Waals surface area contributed by atoms with Crippen LogP contribution in [0.1, 0.15) is 108 Å². The van der Waals surface area contributed by atoms with Crippen molar-refractivity contribution in [1.29, 1.82) is 0 Å². The van der Waals surface area contributed by atoms with E-state index < -0.39 is 23.7 Å². The van der Waals surface area contributed by atoms with Crippen molar-refractivity contribution in [2.24, 2.45) is 16.7 Å². The monoisotopic (exact) mass is 1260 g/mol. The van der Waals surface area contributed by atoms with Crippen molar-refractivity contribution in [3.05, 3.63) is 75.1 Å². The number of epoxide rings is 5. The van der Waals surface area contributed by atoms with Gasteiger partial charge in [0.25, 0.3) is 0 Å². The van der Waals surface area contributed by atoms with E-state index in [1.807, 2.05) is 13.8 Å². The van der Waals surface area contributed by atoms with Crippen LogP contribution in [-0.4, -0.2) is 215 Å². The maximum absolute atomic E-state index is 11.5. The van der Waals surface area contributed by atoms with Gasteiger partial charge in [0.05, 0.1) is 137 Å². The van der Waals surface area contributed by atoms with E-state index in [9.17, 15) is 32.3 Å². The molecule has 7 heterocycles. The molecule has 0 spiro atoms. The molecule has 8 rings (SSSR count). The molecule has 7 aliphatic heterocycles. The van der Waals surface area contributed by atoms with Gasteiger partial charge in [-0.2, -0.15) is 13.2 Å². The zero-order valence-electron chi connectivity index (χ0n) is 56.5. The van der Waals surface area contributed by atoms with E-state index >= 15 is 0 Å². The lowest BCUT2D eigenvalue weighted by atomic mass is 9.84. The molecule has 1 saturated carbocycles. The van der Waals surface area contributed by atoms with Crippen LogP contribution < -0.4 is 0 Å². The SMILES string of the molecule is C=C(C(=O)OC)C(F)(F)F.C=C(C)C(=O)OC.C=CC(=O)CC.C=CC(=O)OC.C=CCOC.C=COC.CC1CO1.CC1OC1(C)C.CCCC1(C)COC1.COCC1(C)CO1.COCC1(C)COC1.COCC1CCC2OC2C1.COCC1CO1. The summed E-state index contributed by atoms with van der Waals surface area (Å²) in [5.74, 6) is -1.31. The molecular weight excluding hydrogens is 1150 g/mol. The Kier molecular flexibility index (Phi) is 56.1. The number of hydrogen-bond donors (Lipinski definition) is 0. The molecule has 8 aliphatic rings. The first-order chi connectivity index (χ1) is 40.7. The van der Waals surface area contributed by atoms with E-state index in [2.05, 4.69) is 112 Å². The number of carbonyl (C=O) groups excluding carboxylic acids is 4. The fraction of sp³-hybridized carbons (Fsp3) is 0.750. The standard InChI is InChI=1S/C8H14O2.C7H14O.C6H12O2.C5H5F3O2.C5H10O2.C5H8O2.C5H10O.C5H8O.C4H8O2.C4H6O2.C4H8O.2C3H6O/c1-9-5-6-2-3-7-8(4-6)10-7;1-3-4-7(2)5-8-6-7;1-6(3-7-2)4-8-5-6;1-3(4(9)10-2)5(6,7)8;1-5(3-6-2)4-7-5;1-4(2)5(6)7-3;1-4-5(2,3)6-4;1-3-5(6)4-2;1-5-2-4-3-6-4;1-3-4(5)6-2;1-3-4-5-2;1-3-2-4-3;1-3-4-2/h6-8H,2-5H2,1H3;3-6H2,1-2H3;3-5H2,1-2H3;1H2,2H3;3-4H2,1-2H3;1H2,2-3H3;4H,1-3H3;3H,1,4H2,2H3;4H,2-3H2,1H3;3H,1H2,2H3;3H,1,4H2,2H3;3H,2H2,1H3;3H,1H2,2H3. The molecule has 23 heteroatoms. The Hall–Kier alpha value is -4.37. The number of ketones is 1. The van der Waals surface area contributed by atoms with Gasteiger partial charge < -0.3 is 75.8 Å². The van der Waals surface area contributed by atoms with Crippen LogP contribution in [0.3, 0.4) is 0 Å². The highest BCUT2D eigenvalue weighted by Gasteiger charge is 2.44. The highest BCUT2D eigenvalue weighted by molar-refractivity contribution is 5.89. The van der Waals surface area contributed by atoms with Gasteiger partial charge in [-0.15, -0.1) is 6.58 Å². The van der Waals surface area contributed by atoms with Crippen LogP contribution in [0, 0.1) is 16.7 Å². The molecule has 7 unspecified atom stereocenters. The number of esters is 3. The first-order valence-corrected chi connectivity index (χ1v) is 28.7. The van der Waals surface area contributed by atoms with Crippen LogP contribution in [-0.2, 0) is 95.0 Å². The van der Waals surface area contributed by atoms with Gasteiger partial charge in [0.15, 0.2) is 5.78 Å². The number of rotatable bonds is 18. The molecule has 8 fully saturated rings. The highest BCUT2D eigenvalue weighted by atomic mass is 19.4.